The van der Waals surface area contributed by atoms with Crippen LogP contribution < -0.4 is 10.1 Å². The second-order valence-electron chi connectivity index (χ2n) is 5.79. The Labute approximate surface area is 162 Å². The SMILES string of the molecule is Cc1ccc2c(Nc3ccc(OCCOC(F)(F)F)cc3Br)ccnc2c1. The summed E-state index contributed by atoms with van der Waals surface area (Å²) in [5, 5.41) is 4.32. The van der Waals surface area contributed by atoms with E-state index in [-0.39, 0.29) is 6.61 Å². The van der Waals surface area contributed by atoms with Gasteiger partial charge in [-0.15, -0.1) is 13.2 Å². The van der Waals surface area contributed by atoms with Crippen molar-refractivity contribution in [3.05, 3.63) is 58.7 Å². The molecule has 142 valence electrons. The molecule has 0 atom stereocenters. The van der Waals surface area contributed by atoms with Crippen molar-refractivity contribution >= 4 is 38.2 Å². The van der Waals surface area contributed by atoms with E-state index < -0.39 is 13.0 Å². The lowest BCUT2D eigenvalue weighted by molar-refractivity contribution is -0.325. The van der Waals surface area contributed by atoms with Crippen LogP contribution in [0.5, 0.6) is 5.75 Å². The van der Waals surface area contributed by atoms with Crippen LogP contribution in [-0.4, -0.2) is 24.6 Å². The van der Waals surface area contributed by atoms with Gasteiger partial charge in [0.1, 0.15) is 12.4 Å². The summed E-state index contributed by atoms with van der Waals surface area (Å²) >= 11 is 3.45. The van der Waals surface area contributed by atoms with Crippen LogP contribution in [0.25, 0.3) is 10.9 Å². The molecule has 3 rings (SSSR count). The Morgan fingerprint density at radius 2 is 1.85 bits per heavy atom. The van der Waals surface area contributed by atoms with E-state index in [0.717, 1.165) is 27.8 Å². The number of hydrogen-bond donors (Lipinski definition) is 1. The quantitative estimate of drug-likeness (QED) is 0.479. The fourth-order valence-corrected chi connectivity index (χ4v) is 2.97. The van der Waals surface area contributed by atoms with Gasteiger partial charge < -0.3 is 10.1 Å². The minimum Gasteiger partial charge on any atom is -0.491 e. The molecule has 1 heterocycles. The summed E-state index contributed by atoms with van der Waals surface area (Å²) < 4.78 is 45.5. The summed E-state index contributed by atoms with van der Waals surface area (Å²) in [6, 6.07) is 13.1. The summed E-state index contributed by atoms with van der Waals surface area (Å²) in [6.45, 7) is 1.24. The first kappa shape index (κ1) is 19.4. The predicted molar refractivity (Wildman–Crippen MR) is 101 cm³/mol. The number of nitrogens with one attached hydrogen (secondary N) is 1. The zero-order chi connectivity index (χ0) is 19.4. The molecule has 27 heavy (non-hydrogen) atoms. The number of aryl methyl sites for hydroxylation is 1. The van der Waals surface area contributed by atoms with Gasteiger partial charge in [0, 0.05) is 21.7 Å². The van der Waals surface area contributed by atoms with E-state index in [1.165, 1.54) is 0 Å². The Hall–Kier alpha value is -2.32. The molecule has 0 saturated carbocycles. The zero-order valence-electron chi connectivity index (χ0n) is 14.3. The third-order valence-electron chi connectivity index (χ3n) is 3.73. The van der Waals surface area contributed by atoms with Crippen molar-refractivity contribution in [3.8, 4) is 5.75 Å². The van der Waals surface area contributed by atoms with Crippen LogP contribution in [0, 0.1) is 6.92 Å². The second kappa shape index (κ2) is 8.14. The lowest BCUT2D eigenvalue weighted by atomic mass is 10.1. The van der Waals surface area contributed by atoms with Gasteiger partial charge in [-0.1, -0.05) is 12.1 Å². The van der Waals surface area contributed by atoms with Crippen LogP contribution in [0.1, 0.15) is 5.56 Å². The topological polar surface area (TPSA) is 43.4 Å². The summed E-state index contributed by atoms with van der Waals surface area (Å²) in [5.74, 6) is 0.438. The number of halogens is 4. The largest absolute Gasteiger partial charge is 0.522 e. The number of rotatable bonds is 6. The average Bonchev–Trinajstić information content (AvgIpc) is 2.60. The van der Waals surface area contributed by atoms with Crippen molar-refractivity contribution in [3.63, 3.8) is 0 Å². The highest BCUT2D eigenvalue weighted by molar-refractivity contribution is 9.10. The summed E-state index contributed by atoms with van der Waals surface area (Å²) in [5.41, 5.74) is 3.71. The second-order valence-corrected chi connectivity index (χ2v) is 6.64. The van der Waals surface area contributed by atoms with Crippen molar-refractivity contribution in [2.45, 2.75) is 13.3 Å². The Morgan fingerprint density at radius 3 is 2.59 bits per heavy atom. The molecular weight excluding hydrogens is 425 g/mol. The van der Waals surface area contributed by atoms with E-state index in [1.807, 2.05) is 31.2 Å². The van der Waals surface area contributed by atoms with E-state index in [2.05, 4.69) is 31.0 Å². The Bertz CT molecular complexity index is 948. The number of anilines is 2. The average molecular weight is 441 g/mol. The molecular formula is C19H16BrF3N2O2. The molecule has 0 amide bonds. The lowest BCUT2D eigenvalue weighted by Crippen LogP contribution is -2.18. The normalized spacial score (nSPS) is 11.6. The maximum absolute atomic E-state index is 11.9. The third kappa shape index (κ3) is 5.33. The predicted octanol–water partition coefficient (Wildman–Crippen LogP) is 5.96. The molecule has 0 aliphatic carbocycles. The van der Waals surface area contributed by atoms with E-state index in [9.17, 15) is 13.2 Å². The molecule has 0 aliphatic heterocycles. The lowest BCUT2D eigenvalue weighted by Gasteiger charge is -2.13. The molecule has 3 aromatic rings. The molecule has 1 N–H and O–H groups in total. The van der Waals surface area contributed by atoms with E-state index in [0.29, 0.717) is 10.2 Å². The molecule has 0 bridgehead atoms. The molecule has 0 fully saturated rings. The van der Waals surface area contributed by atoms with Crippen molar-refractivity contribution < 1.29 is 22.6 Å². The number of ether oxygens (including phenoxy) is 2. The van der Waals surface area contributed by atoms with Gasteiger partial charge in [-0.05, 0) is 58.7 Å². The van der Waals surface area contributed by atoms with E-state index in [1.54, 1.807) is 24.4 Å². The molecule has 0 spiro atoms. The molecule has 0 radical (unpaired) electrons. The smallest absolute Gasteiger partial charge is 0.491 e. The monoisotopic (exact) mass is 440 g/mol. The van der Waals surface area contributed by atoms with Crippen LogP contribution in [0.15, 0.2) is 53.1 Å². The van der Waals surface area contributed by atoms with Gasteiger partial charge in [-0.25, -0.2) is 0 Å². The van der Waals surface area contributed by atoms with Crippen molar-refractivity contribution in [1.82, 2.24) is 4.98 Å². The number of nitrogens with zero attached hydrogens (tertiary/aromatic N) is 1. The third-order valence-corrected chi connectivity index (χ3v) is 4.38. The van der Waals surface area contributed by atoms with Gasteiger partial charge in [-0.3, -0.25) is 9.72 Å². The van der Waals surface area contributed by atoms with Crippen LogP contribution in [-0.2, 0) is 4.74 Å². The van der Waals surface area contributed by atoms with Crippen LogP contribution in [0.3, 0.4) is 0 Å². The highest BCUT2D eigenvalue weighted by Crippen LogP contribution is 2.32. The minimum atomic E-state index is -4.65. The van der Waals surface area contributed by atoms with Gasteiger partial charge in [0.25, 0.3) is 0 Å². The molecule has 0 saturated heterocycles. The standard InChI is InChI=1S/C19H16BrF3N2O2/c1-12-2-4-14-16(6-7-24-18(14)10-12)25-17-5-3-13(11-15(17)20)26-8-9-27-19(21,22)23/h2-7,10-11H,8-9H2,1H3,(H,24,25). The van der Waals surface area contributed by atoms with Gasteiger partial charge in [0.2, 0.25) is 0 Å². The Kier molecular flexibility index (Phi) is 5.86. The summed E-state index contributed by atoms with van der Waals surface area (Å²) in [4.78, 5) is 4.38. The van der Waals surface area contributed by atoms with Crippen LogP contribution >= 0.6 is 15.9 Å². The number of alkyl halides is 3. The Morgan fingerprint density at radius 1 is 1.04 bits per heavy atom. The Balaban J connectivity index is 1.70. The molecule has 0 unspecified atom stereocenters. The first-order valence-electron chi connectivity index (χ1n) is 8.07. The molecule has 8 heteroatoms. The highest BCUT2D eigenvalue weighted by atomic mass is 79.9. The van der Waals surface area contributed by atoms with E-state index >= 15 is 0 Å². The fraction of sp³-hybridized carbons (Fsp3) is 0.211. The number of pyridine rings is 1. The van der Waals surface area contributed by atoms with Gasteiger partial charge >= 0.3 is 6.36 Å². The molecule has 0 aliphatic rings. The maximum Gasteiger partial charge on any atom is 0.522 e. The van der Waals surface area contributed by atoms with E-state index in [4.69, 9.17) is 4.74 Å². The summed E-state index contributed by atoms with van der Waals surface area (Å²) in [6.07, 6.45) is -2.92. The number of benzene rings is 2. The first-order valence-corrected chi connectivity index (χ1v) is 8.86. The molecule has 4 nitrogen and oxygen atoms in total. The van der Waals surface area contributed by atoms with Gasteiger partial charge in [0.05, 0.1) is 17.8 Å². The zero-order valence-corrected chi connectivity index (χ0v) is 15.9. The minimum absolute atomic E-state index is 0.201. The van der Waals surface area contributed by atoms with Crippen molar-refractivity contribution in [2.24, 2.45) is 0 Å². The van der Waals surface area contributed by atoms with Gasteiger partial charge in [-0.2, -0.15) is 0 Å². The van der Waals surface area contributed by atoms with Crippen LogP contribution in [0.4, 0.5) is 24.5 Å². The number of fused-ring (bicyclic) bond motifs is 1. The fourth-order valence-electron chi connectivity index (χ4n) is 2.52. The number of hydrogen-bond acceptors (Lipinski definition) is 4. The molecule has 1 aromatic heterocycles. The van der Waals surface area contributed by atoms with Crippen molar-refractivity contribution in [1.29, 1.82) is 0 Å². The summed E-state index contributed by atoms with van der Waals surface area (Å²) in [7, 11) is 0. The van der Waals surface area contributed by atoms with Crippen LogP contribution in [0.2, 0.25) is 0 Å². The molecule has 2 aromatic carbocycles. The number of aromatic nitrogens is 1. The highest BCUT2D eigenvalue weighted by Gasteiger charge is 2.28. The van der Waals surface area contributed by atoms with Crippen molar-refractivity contribution in [2.75, 3.05) is 18.5 Å². The maximum atomic E-state index is 11.9. The first-order chi connectivity index (χ1) is 12.8. The van der Waals surface area contributed by atoms with Gasteiger partial charge in [0.15, 0.2) is 0 Å².